The van der Waals surface area contributed by atoms with Gasteiger partial charge in [-0.3, -0.25) is 0 Å². The first-order valence-electron chi connectivity index (χ1n) is 2.27. The second kappa shape index (κ2) is 2.26. The highest BCUT2D eigenvalue weighted by Crippen LogP contribution is 2.02. The summed E-state index contributed by atoms with van der Waals surface area (Å²) in [5.74, 6) is 0. The van der Waals surface area contributed by atoms with E-state index < -0.39 is 0 Å². The second-order valence-corrected chi connectivity index (χ2v) is 1.37. The maximum Gasteiger partial charge on any atom is 0.108 e. The summed E-state index contributed by atoms with van der Waals surface area (Å²) in [4.78, 5) is 0. The summed E-state index contributed by atoms with van der Waals surface area (Å²) in [5, 5.41) is 2.94. The average molecular weight is 109 g/mol. The zero-order chi connectivity index (χ0) is 5.82. The molecule has 0 unspecified atom stereocenters. The molecule has 0 saturated heterocycles. The van der Waals surface area contributed by atoms with Crippen LogP contribution in [0.4, 0.5) is 0 Å². The van der Waals surface area contributed by atoms with Gasteiger partial charge in [0.15, 0.2) is 0 Å². The summed E-state index contributed by atoms with van der Waals surface area (Å²) in [7, 11) is 0. The molecule has 0 aromatic heterocycles. The van der Waals surface area contributed by atoms with Gasteiger partial charge < -0.3 is 4.74 Å². The van der Waals surface area contributed by atoms with E-state index in [1.54, 1.807) is 12.2 Å². The zero-order valence-corrected chi connectivity index (χ0v) is 4.24. The number of hydrogen-bond donors (Lipinski definition) is 0. The summed E-state index contributed by atoms with van der Waals surface area (Å²) < 4.78 is 4.77. The van der Waals surface area contributed by atoms with Gasteiger partial charge in [-0.25, -0.2) is 0 Å². The molecule has 0 aromatic rings. The van der Waals surface area contributed by atoms with Crippen molar-refractivity contribution in [3.63, 3.8) is 0 Å². The summed E-state index contributed by atoms with van der Waals surface area (Å²) in [6.45, 7) is 0.496. The molecule has 0 N–H and O–H groups in total. The molecular formula is C5H5N2O. The molecule has 1 heterocycles. The van der Waals surface area contributed by atoms with Crippen molar-refractivity contribution >= 4 is 0 Å². The fraction of sp³-hybridized carbons (Fsp3) is 0.200. The van der Waals surface area contributed by atoms with Crippen LogP contribution < -0.4 is 5.53 Å². The van der Waals surface area contributed by atoms with Crippen LogP contribution in [0.5, 0.6) is 0 Å². The average Bonchev–Trinajstić information content (AvgIpc) is 1.90. The van der Waals surface area contributed by atoms with E-state index in [0.29, 0.717) is 12.3 Å². The molecule has 0 aromatic carbocycles. The van der Waals surface area contributed by atoms with E-state index in [-0.39, 0.29) is 0 Å². The van der Waals surface area contributed by atoms with Gasteiger partial charge in [0.2, 0.25) is 0 Å². The Morgan fingerprint density at radius 2 is 2.62 bits per heavy atom. The van der Waals surface area contributed by atoms with Crippen molar-refractivity contribution in [2.24, 2.45) is 5.11 Å². The van der Waals surface area contributed by atoms with Gasteiger partial charge in [0.25, 0.3) is 0 Å². The molecule has 8 heavy (non-hydrogen) atoms. The highest BCUT2D eigenvalue weighted by Gasteiger charge is 1.91. The molecule has 0 atom stereocenters. The van der Waals surface area contributed by atoms with Crippen LogP contribution in [0.2, 0.25) is 0 Å². The number of hydrogen-bond acceptors (Lipinski definition) is 2. The molecule has 0 saturated carbocycles. The van der Waals surface area contributed by atoms with E-state index in [4.69, 9.17) is 10.3 Å². The quantitative estimate of drug-likeness (QED) is 0.456. The normalized spacial score (nSPS) is 16.8. The number of nitrogens with zero attached hydrogens (tertiary/aromatic N) is 2. The Morgan fingerprint density at radius 1 is 1.75 bits per heavy atom. The Labute approximate surface area is 47.2 Å². The first-order chi connectivity index (χ1) is 3.93. The van der Waals surface area contributed by atoms with Crippen LogP contribution in [-0.4, -0.2) is 6.61 Å². The van der Waals surface area contributed by atoms with Gasteiger partial charge in [0, 0.05) is 6.08 Å². The van der Waals surface area contributed by atoms with Gasteiger partial charge in [-0.1, -0.05) is 0 Å². The van der Waals surface area contributed by atoms with Crippen molar-refractivity contribution in [2.75, 3.05) is 6.61 Å². The third-order valence-corrected chi connectivity index (χ3v) is 0.839. The summed E-state index contributed by atoms with van der Waals surface area (Å²) in [6.07, 6.45) is 4.76. The predicted octanol–water partition coefficient (Wildman–Crippen LogP) is 0.666. The van der Waals surface area contributed by atoms with Crippen LogP contribution in [-0.2, 0) is 4.74 Å². The molecule has 3 heteroatoms. The molecule has 0 bridgehead atoms. The Balaban J connectivity index is 2.64. The van der Waals surface area contributed by atoms with Gasteiger partial charge in [-0.2, -0.15) is 0 Å². The highest BCUT2D eigenvalue weighted by atomic mass is 16.5. The topological polar surface area (TPSA) is 43.9 Å². The van der Waals surface area contributed by atoms with E-state index in [1.807, 2.05) is 0 Å². The first-order valence-corrected chi connectivity index (χ1v) is 2.27. The van der Waals surface area contributed by atoms with Gasteiger partial charge >= 0.3 is 0 Å². The van der Waals surface area contributed by atoms with Crippen molar-refractivity contribution in [3.05, 3.63) is 24.1 Å². The van der Waals surface area contributed by atoms with Crippen molar-refractivity contribution in [2.45, 2.75) is 0 Å². The second-order valence-electron chi connectivity index (χ2n) is 1.37. The molecule has 41 valence electrons. The Morgan fingerprint density at radius 3 is 3.00 bits per heavy atom. The SMILES string of the molecule is [N]=NC1=CCOC=C1. The fourth-order valence-electron chi connectivity index (χ4n) is 0.449. The van der Waals surface area contributed by atoms with Crippen molar-refractivity contribution in [1.29, 1.82) is 0 Å². The third-order valence-electron chi connectivity index (χ3n) is 0.839. The van der Waals surface area contributed by atoms with E-state index in [1.165, 1.54) is 6.26 Å². The molecule has 1 aliphatic rings. The molecule has 1 rings (SSSR count). The Kier molecular flexibility index (Phi) is 1.42. The predicted molar refractivity (Wildman–Crippen MR) is 27.7 cm³/mol. The maximum absolute atomic E-state index is 8.14. The lowest BCUT2D eigenvalue weighted by atomic mass is 10.4. The third kappa shape index (κ3) is 0.932. The minimum absolute atomic E-state index is 0.496. The zero-order valence-electron chi connectivity index (χ0n) is 4.24. The summed E-state index contributed by atoms with van der Waals surface area (Å²) in [6, 6.07) is 0. The van der Waals surface area contributed by atoms with Gasteiger partial charge in [-0.05, 0) is 11.6 Å². The molecule has 0 aliphatic carbocycles. The fourth-order valence-corrected chi connectivity index (χ4v) is 0.449. The van der Waals surface area contributed by atoms with E-state index in [0.717, 1.165) is 0 Å². The van der Waals surface area contributed by atoms with E-state index >= 15 is 0 Å². The van der Waals surface area contributed by atoms with E-state index in [2.05, 4.69) is 5.11 Å². The van der Waals surface area contributed by atoms with Gasteiger partial charge in [0.1, 0.15) is 6.61 Å². The minimum atomic E-state index is 0.496. The van der Waals surface area contributed by atoms with Crippen LogP contribution in [0, 0.1) is 0 Å². The van der Waals surface area contributed by atoms with Crippen LogP contribution in [0.3, 0.4) is 0 Å². The standard InChI is InChI=1S/C5H5N2O/c6-7-5-1-3-8-4-2-5/h1-3H,4H2. The van der Waals surface area contributed by atoms with Gasteiger partial charge in [-0.15, -0.1) is 5.11 Å². The van der Waals surface area contributed by atoms with E-state index in [9.17, 15) is 0 Å². The lowest BCUT2D eigenvalue weighted by molar-refractivity contribution is 0.284. The van der Waals surface area contributed by atoms with Crippen molar-refractivity contribution in [1.82, 2.24) is 5.53 Å². The lowest BCUT2D eigenvalue weighted by Crippen LogP contribution is -1.88. The Bertz CT molecular complexity index is 149. The smallest absolute Gasteiger partial charge is 0.108 e. The van der Waals surface area contributed by atoms with Crippen molar-refractivity contribution in [3.8, 4) is 0 Å². The van der Waals surface area contributed by atoms with Crippen LogP contribution >= 0.6 is 0 Å². The molecule has 0 spiro atoms. The van der Waals surface area contributed by atoms with Crippen molar-refractivity contribution < 1.29 is 4.74 Å². The first kappa shape index (κ1) is 5.03. The van der Waals surface area contributed by atoms with Crippen LogP contribution in [0.1, 0.15) is 0 Å². The molecule has 0 amide bonds. The molecule has 1 radical (unpaired) electrons. The van der Waals surface area contributed by atoms with Gasteiger partial charge in [0.05, 0.1) is 12.0 Å². The molecule has 0 fully saturated rings. The molecule has 1 aliphatic heterocycles. The largest absolute Gasteiger partial charge is 0.497 e. The summed E-state index contributed by atoms with van der Waals surface area (Å²) >= 11 is 0. The minimum Gasteiger partial charge on any atom is -0.497 e. The molecule has 3 nitrogen and oxygen atoms in total. The number of allylic oxidation sites excluding steroid dienone is 1. The summed E-state index contributed by atoms with van der Waals surface area (Å²) in [5.41, 5.74) is 8.69. The monoisotopic (exact) mass is 109 g/mol. The highest BCUT2D eigenvalue weighted by molar-refractivity contribution is 5.16. The number of rotatable bonds is 1. The lowest BCUT2D eigenvalue weighted by Gasteiger charge is -1.99. The Hall–Kier alpha value is -1.12. The van der Waals surface area contributed by atoms with Crippen LogP contribution in [0.25, 0.3) is 0 Å². The number of ether oxygens (including phenoxy) is 1. The molecular weight excluding hydrogens is 104 g/mol. The van der Waals surface area contributed by atoms with Crippen LogP contribution in [0.15, 0.2) is 29.2 Å². The maximum atomic E-state index is 8.14.